The van der Waals surface area contributed by atoms with Gasteiger partial charge in [0, 0.05) is 12.6 Å². The highest BCUT2D eigenvalue weighted by atomic mass is 16.4. The zero-order valence-electron chi connectivity index (χ0n) is 10.7. The van der Waals surface area contributed by atoms with E-state index in [0.29, 0.717) is 18.2 Å². The summed E-state index contributed by atoms with van der Waals surface area (Å²) in [6.07, 6.45) is 2.30. The highest BCUT2D eigenvalue weighted by molar-refractivity contribution is 5.80. The number of likely N-dealkylation sites (N-methyl/N-ethyl adjacent to an activating group) is 1. The van der Waals surface area contributed by atoms with Crippen LogP contribution >= 0.6 is 0 Å². The van der Waals surface area contributed by atoms with E-state index in [1.165, 1.54) is 0 Å². The lowest BCUT2D eigenvalue weighted by Crippen LogP contribution is -2.53. The van der Waals surface area contributed by atoms with Crippen molar-refractivity contribution in [3.05, 3.63) is 35.9 Å². The molecule has 0 amide bonds. The van der Waals surface area contributed by atoms with E-state index in [1.54, 1.807) is 12.1 Å². The number of nitrogens with zero attached hydrogens (tertiary/aromatic N) is 1. The molecule has 4 nitrogen and oxygen atoms in total. The van der Waals surface area contributed by atoms with Gasteiger partial charge in [-0.15, -0.1) is 0 Å². The summed E-state index contributed by atoms with van der Waals surface area (Å²) in [6.45, 7) is 3.25. The molecule has 1 aromatic carbocycles. The van der Waals surface area contributed by atoms with E-state index in [1.807, 2.05) is 25.1 Å². The Kier molecular flexibility index (Phi) is 3.68. The molecular weight excluding hydrogens is 228 g/mol. The average molecular weight is 248 g/mol. The molecule has 1 fully saturated rings. The summed E-state index contributed by atoms with van der Waals surface area (Å²) in [5.41, 5.74) is 5.51. The molecule has 1 aliphatic rings. The van der Waals surface area contributed by atoms with E-state index < -0.39 is 11.5 Å². The van der Waals surface area contributed by atoms with Crippen LogP contribution in [0.4, 0.5) is 0 Å². The Morgan fingerprint density at radius 1 is 1.44 bits per heavy atom. The molecule has 0 aromatic heterocycles. The van der Waals surface area contributed by atoms with Gasteiger partial charge in [-0.3, -0.25) is 4.90 Å². The van der Waals surface area contributed by atoms with Gasteiger partial charge in [-0.1, -0.05) is 37.3 Å². The molecule has 0 bridgehead atoms. The van der Waals surface area contributed by atoms with Crippen molar-refractivity contribution in [3.8, 4) is 0 Å². The number of carbonyl (C=O) groups is 1. The van der Waals surface area contributed by atoms with Crippen LogP contribution in [0.15, 0.2) is 30.3 Å². The molecule has 98 valence electrons. The molecule has 0 spiro atoms. The Morgan fingerprint density at radius 2 is 2.06 bits per heavy atom. The van der Waals surface area contributed by atoms with Gasteiger partial charge in [-0.25, -0.2) is 4.79 Å². The molecule has 18 heavy (non-hydrogen) atoms. The van der Waals surface area contributed by atoms with E-state index in [2.05, 4.69) is 4.90 Å². The lowest BCUT2D eigenvalue weighted by molar-refractivity contribution is -0.144. The molecule has 2 rings (SSSR count). The fraction of sp³-hybridized carbons (Fsp3) is 0.500. The minimum Gasteiger partial charge on any atom is -0.480 e. The van der Waals surface area contributed by atoms with Gasteiger partial charge >= 0.3 is 5.97 Å². The Bertz CT molecular complexity index is 417. The molecule has 0 heterocycles. The Labute approximate surface area is 107 Å². The predicted molar refractivity (Wildman–Crippen MR) is 70.2 cm³/mol. The second-order valence-corrected chi connectivity index (χ2v) is 4.94. The average Bonchev–Trinajstić information content (AvgIpc) is 3.20. The van der Waals surface area contributed by atoms with Gasteiger partial charge in [0.05, 0.1) is 0 Å². The summed E-state index contributed by atoms with van der Waals surface area (Å²) < 4.78 is 0. The Morgan fingerprint density at radius 3 is 2.50 bits per heavy atom. The molecule has 4 heteroatoms. The van der Waals surface area contributed by atoms with Gasteiger partial charge in [-0.2, -0.15) is 0 Å². The van der Waals surface area contributed by atoms with Crippen molar-refractivity contribution in [2.75, 3.05) is 13.1 Å². The number of carboxylic acid groups (broad SMARTS) is 1. The topological polar surface area (TPSA) is 66.6 Å². The molecule has 1 aliphatic carbocycles. The van der Waals surface area contributed by atoms with Gasteiger partial charge in [0.2, 0.25) is 0 Å². The van der Waals surface area contributed by atoms with Gasteiger partial charge in [0.15, 0.2) is 5.54 Å². The smallest absolute Gasteiger partial charge is 0.329 e. The molecule has 3 N–H and O–H groups in total. The molecular formula is C14H20N2O2. The van der Waals surface area contributed by atoms with Crippen LogP contribution in [-0.4, -0.2) is 35.1 Å². The third kappa shape index (κ3) is 2.54. The lowest BCUT2D eigenvalue weighted by Gasteiger charge is -2.32. The number of hydrogen-bond donors (Lipinski definition) is 2. The summed E-state index contributed by atoms with van der Waals surface area (Å²) in [6, 6.07) is 9.61. The SMILES string of the molecule is CCN(CC(N)(C(=O)O)c1ccccc1)C1CC1. The number of aliphatic carboxylic acids is 1. The second-order valence-electron chi connectivity index (χ2n) is 4.94. The monoisotopic (exact) mass is 248 g/mol. The predicted octanol–water partition coefficient (Wildman–Crippen LogP) is 1.41. The fourth-order valence-electron chi connectivity index (χ4n) is 2.28. The van der Waals surface area contributed by atoms with Crippen molar-refractivity contribution in [1.82, 2.24) is 4.90 Å². The standard InChI is InChI=1S/C14H20N2O2/c1-2-16(12-8-9-12)10-14(15,13(17)18)11-6-4-3-5-7-11/h3-7,12H,2,8-10,15H2,1H3,(H,17,18). The van der Waals surface area contributed by atoms with Crippen molar-refractivity contribution >= 4 is 5.97 Å². The largest absolute Gasteiger partial charge is 0.480 e. The van der Waals surface area contributed by atoms with Gasteiger partial charge in [0.25, 0.3) is 0 Å². The second kappa shape index (κ2) is 5.08. The van der Waals surface area contributed by atoms with Crippen LogP contribution < -0.4 is 5.73 Å². The molecule has 0 saturated heterocycles. The van der Waals surface area contributed by atoms with Crippen LogP contribution in [0.25, 0.3) is 0 Å². The number of carboxylic acids is 1. The van der Waals surface area contributed by atoms with Gasteiger partial charge < -0.3 is 10.8 Å². The number of nitrogens with two attached hydrogens (primary N) is 1. The first kappa shape index (κ1) is 13.1. The lowest BCUT2D eigenvalue weighted by atomic mass is 9.90. The van der Waals surface area contributed by atoms with Gasteiger partial charge in [-0.05, 0) is 24.9 Å². The number of benzene rings is 1. The van der Waals surface area contributed by atoms with Crippen molar-refractivity contribution in [1.29, 1.82) is 0 Å². The molecule has 1 aromatic rings. The maximum absolute atomic E-state index is 11.6. The highest BCUT2D eigenvalue weighted by Gasteiger charge is 2.41. The molecule has 0 radical (unpaired) electrons. The highest BCUT2D eigenvalue weighted by Crippen LogP contribution is 2.30. The van der Waals surface area contributed by atoms with E-state index in [9.17, 15) is 9.90 Å². The minimum atomic E-state index is -1.32. The number of hydrogen-bond acceptors (Lipinski definition) is 3. The van der Waals surface area contributed by atoms with Gasteiger partial charge in [0.1, 0.15) is 0 Å². The van der Waals surface area contributed by atoms with Crippen LogP contribution in [-0.2, 0) is 10.3 Å². The zero-order chi connectivity index (χ0) is 13.2. The van der Waals surface area contributed by atoms with Crippen molar-refractivity contribution in [3.63, 3.8) is 0 Å². The zero-order valence-corrected chi connectivity index (χ0v) is 10.7. The minimum absolute atomic E-state index is 0.369. The van der Waals surface area contributed by atoms with Crippen LogP contribution in [0.5, 0.6) is 0 Å². The van der Waals surface area contributed by atoms with Crippen LogP contribution in [0.1, 0.15) is 25.3 Å². The van der Waals surface area contributed by atoms with E-state index in [0.717, 1.165) is 19.4 Å². The summed E-state index contributed by atoms with van der Waals surface area (Å²) in [7, 11) is 0. The first-order valence-corrected chi connectivity index (χ1v) is 6.39. The summed E-state index contributed by atoms with van der Waals surface area (Å²) in [4.78, 5) is 13.7. The van der Waals surface area contributed by atoms with Crippen molar-refractivity contribution in [2.24, 2.45) is 5.73 Å². The molecule has 1 saturated carbocycles. The van der Waals surface area contributed by atoms with Crippen molar-refractivity contribution in [2.45, 2.75) is 31.3 Å². The molecule has 1 atom stereocenters. The first-order valence-electron chi connectivity index (χ1n) is 6.39. The summed E-state index contributed by atoms with van der Waals surface area (Å²) in [5.74, 6) is -0.965. The maximum atomic E-state index is 11.6. The number of rotatable bonds is 6. The van der Waals surface area contributed by atoms with Crippen molar-refractivity contribution < 1.29 is 9.90 Å². The fourth-order valence-corrected chi connectivity index (χ4v) is 2.28. The third-order valence-corrected chi connectivity index (χ3v) is 3.59. The van der Waals surface area contributed by atoms with Crippen LogP contribution in [0.3, 0.4) is 0 Å². The van der Waals surface area contributed by atoms with E-state index >= 15 is 0 Å². The quantitative estimate of drug-likeness (QED) is 0.799. The summed E-state index contributed by atoms with van der Waals surface area (Å²) >= 11 is 0. The molecule has 1 unspecified atom stereocenters. The van der Waals surface area contributed by atoms with E-state index in [-0.39, 0.29) is 0 Å². The molecule has 0 aliphatic heterocycles. The van der Waals surface area contributed by atoms with E-state index in [4.69, 9.17) is 5.73 Å². The third-order valence-electron chi connectivity index (χ3n) is 3.59. The normalized spacial score (nSPS) is 18.6. The maximum Gasteiger partial charge on any atom is 0.329 e. The summed E-state index contributed by atoms with van der Waals surface area (Å²) in [5, 5.41) is 9.48. The Hall–Kier alpha value is -1.39. The Balaban J connectivity index is 2.23. The van der Waals surface area contributed by atoms with Crippen LogP contribution in [0.2, 0.25) is 0 Å². The van der Waals surface area contributed by atoms with Crippen LogP contribution in [0, 0.1) is 0 Å². The first-order chi connectivity index (χ1) is 8.58.